The number of pyridine rings is 1. The van der Waals surface area contributed by atoms with Crippen molar-refractivity contribution in [2.45, 2.75) is 0 Å². The fourth-order valence-electron chi connectivity index (χ4n) is 7.23. The van der Waals surface area contributed by atoms with Gasteiger partial charge in [-0.15, -0.1) is 11.3 Å². The van der Waals surface area contributed by atoms with Crippen molar-refractivity contribution in [3.63, 3.8) is 0 Å². The molecule has 0 spiro atoms. The molecule has 238 valence electrons. The van der Waals surface area contributed by atoms with E-state index < -0.39 is 0 Å². The van der Waals surface area contributed by atoms with Gasteiger partial charge in [0, 0.05) is 53.4 Å². The average molecular weight is 668 g/mol. The van der Waals surface area contributed by atoms with Gasteiger partial charge in [0.25, 0.3) is 0 Å². The number of rotatable bonds is 5. The summed E-state index contributed by atoms with van der Waals surface area (Å²) in [6, 6.07) is 61.8. The highest BCUT2D eigenvalue weighted by atomic mass is 32.1. The molecule has 51 heavy (non-hydrogen) atoms. The molecule has 0 N–H and O–H groups in total. The molecule has 10 rings (SSSR count). The minimum Gasteiger partial charge on any atom is -0.246 e. The third-order valence-corrected chi connectivity index (χ3v) is 10.9. The fourth-order valence-corrected chi connectivity index (χ4v) is 8.46. The molecular formula is C47H29N3S. The van der Waals surface area contributed by atoms with Crippen LogP contribution in [-0.4, -0.2) is 15.0 Å². The number of fused-ring (bicyclic) bond motifs is 6. The van der Waals surface area contributed by atoms with Crippen LogP contribution in [0.1, 0.15) is 0 Å². The molecule has 3 nitrogen and oxygen atoms in total. The summed E-state index contributed by atoms with van der Waals surface area (Å²) in [6.45, 7) is 0. The van der Waals surface area contributed by atoms with E-state index in [1.54, 1.807) is 0 Å². The number of hydrogen-bond acceptors (Lipinski definition) is 4. The van der Waals surface area contributed by atoms with E-state index in [4.69, 9.17) is 15.0 Å². The Labute approximate surface area is 299 Å². The number of para-hydroxylation sites is 1. The molecule has 0 saturated heterocycles. The highest BCUT2D eigenvalue weighted by Crippen LogP contribution is 2.45. The molecule has 3 heterocycles. The summed E-state index contributed by atoms with van der Waals surface area (Å²) in [5.74, 6) is 0.711. The summed E-state index contributed by atoms with van der Waals surface area (Å²) in [7, 11) is 0. The molecule has 7 aromatic carbocycles. The predicted octanol–water partition coefficient (Wildman–Crippen LogP) is 12.9. The van der Waals surface area contributed by atoms with Crippen molar-refractivity contribution in [1.82, 2.24) is 15.0 Å². The summed E-state index contributed by atoms with van der Waals surface area (Å²) in [5, 5.41) is 6.06. The van der Waals surface area contributed by atoms with E-state index in [0.717, 1.165) is 56.0 Å². The Morgan fingerprint density at radius 1 is 0.392 bits per heavy atom. The van der Waals surface area contributed by atoms with Gasteiger partial charge < -0.3 is 0 Å². The van der Waals surface area contributed by atoms with E-state index in [0.29, 0.717) is 5.82 Å². The Morgan fingerprint density at radius 2 is 0.961 bits per heavy atom. The summed E-state index contributed by atoms with van der Waals surface area (Å²) < 4.78 is 2.54. The Hall–Kier alpha value is -6.49. The monoisotopic (exact) mass is 667 g/mol. The maximum atomic E-state index is 5.58. The second kappa shape index (κ2) is 12.1. The van der Waals surface area contributed by atoms with E-state index >= 15 is 0 Å². The minimum atomic E-state index is 0.711. The van der Waals surface area contributed by atoms with Crippen molar-refractivity contribution in [2.75, 3.05) is 0 Å². The van der Waals surface area contributed by atoms with E-state index in [2.05, 4.69) is 140 Å². The SMILES string of the molecule is c1ccc(-c2cc(-c3ccc(-c4cccc5c4nc(-c4cccc6ccccc46)c4c6ccccc6sc54)cc3)nc(-c3ccccc3)n2)cc1. The van der Waals surface area contributed by atoms with Crippen LogP contribution in [0.4, 0.5) is 0 Å². The van der Waals surface area contributed by atoms with Crippen LogP contribution in [0.5, 0.6) is 0 Å². The van der Waals surface area contributed by atoms with Crippen LogP contribution in [0.3, 0.4) is 0 Å². The zero-order valence-electron chi connectivity index (χ0n) is 27.5. The third-order valence-electron chi connectivity index (χ3n) is 9.70. The number of benzene rings is 7. The van der Waals surface area contributed by atoms with Crippen molar-refractivity contribution < 1.29 is 0 Å². The van der Waals surface area contributed by atoms with E-state index in [1.807, 2.05) is 47.7 Å². The highest BCUT2D eigenvalue weighted by Gasteiger charge is 2.20. The van der Waals surface area contributed by atoms with Crippen molar-refractivity contribution in [3.8, 4) is 56.3 Å². The third kappa shape index (κ3) is 5.08. The molecule has 3 aromatic heterocycles. The Morgan fingerprint density at radius 3 is 1.75 bits per heavy atom. The van der Waals surface area contributed by atoms with Crippen molar-refractivity contribution >= 4 is 53.2 Å². The molecule has 4 heteroatoms. The van der Waals surface area contributed by atoms with Gasteiger partial charge in [-0.3, -0.25) is 0 Å². The lowest BCUT2D eigenvalue weighted by Crippen LogP contribution is -1.96. The van der Waals surface area contributed by atoms with Crippen molar-refractivity contribution in [3.05, 3.63) is 176 Å². The average Bonchev–Trinajstić information content (AvgIpc) is 3.61. The predicted molar refractivity (Wildman–Crippen MR) is 215 cm³/mol. The molecule has 0 radical (unpaired) electrons. The van der Waals surface area contributed by atoms with Crippen LogP contribution in [-0.2, 0) is 0 Å². The zero-order chi connectivity index (χ0) is 33.7. The molecule has 0 unspecified atom stereocenters. The molecule has 0 amide bonds. The first kappa shape index (κ1) is 29.4. The first-order chi connectivity index (χ1) is 25.3. The van der Waals surface area contributed by atoms with Crippen LogP contribution in [0, 0.1) is 0 Å². The molecule has 0 aliphatic heterocycles. The molecule has 0 saturated carbocycles. The molecule has 10 aromatic rings. The van der Waals surface area contributed by atoms with Gasteiger partial charge in [0.05, 0.1) is 22.6 Å². The minimum absolute atomic E-state index is 0.711. The van der Waals surface area contributed by atoms with Crippen molar-refractivity contribution in [1.29, 1.82) is 0 Å². The van der Waals surface area contributed by atoms with E-state index in [1.165, 1.54) is 36.3 Å². The smallest absolute Gasteiger partial charge is 0.160 e. The quantitative estimate of drug-likeness (QED) is 0.183. The fraction of sp³-hybridized carbons (Fsp3) is 0. The maximum absolute atomic E-state index is 5.58. The summed E-state index contributed by atoms with van der Waals surface area (Å²) in [4.78, 5) is 15.6. The second-order valence-corrected chi connectivity index (χ2v) is 13.8. The number of hydrogen-bond donors (Lipinski definition) is 0. The summed E-state index contributed by atoms with van der Waals surface area (Å²) in [6.07, 6.45) is 0. The van der Waals surface area contributed by atoms with Gasteiger partial charge in [-0.05, 0) is 28.5 Å². The van der Waals surface area contributed by atoms with Gasteiger partial charge >= 0.3 is 0 Å². The van der Waals surface area contributed by atoms with Crippen LogP contribution < -0.4 is 0 Å². The molecule has 0 fully saturated rings. The standard InChI is InChI=1S/C47H29N3S/c1-3-14-32(15-4-1)40-29-41(49-47(48-40)34-16-5-2-6-17-34)33-27-25-31(26-28-33)36-21-12-23-39-44(36)50-45(37-22-11-18-30-13-7-8-19-35(30)37)43-38-20-9-10-24-42(38)51-46(39)43/h1-29H. The van der Waals surface area contributed by atoms with Gasteiger partial charge in [0.15, 0.2) is 5.82 Å². The first-order valence-electron chi connectivity index (χ1n) is 17.1. The molecule has 0 bridgehead atoms. The Balaban J connectivity index is 1.15. The van der Waals surface area contributed by atoms with Gasteiger partial charge in [-0.2, -0.15) is 0 Å². The normalized spacial score (nSPS) is 11.5. The van der Waals surface area contributed by atoms with Crippen LogP contribution in [0.2, 0.25) is 0 Å². The first-order valence-corrected chi connectivity index (χ1v) is 17.9. The van der Waals surface area contributed by atoms with Gasteiger partial charge in [-0.1, -0.05) is 164 Å². The van der Waals surface area contributed by atoms with Crippen LogP contribution in [0.15, 0.2) is 176 Å². The van der Waals surface area contributed by atoms with E-state index in [9.17, 15) is 0 Å². The van der Waals surface area contributed by atoms with Gasteiger partial charge in [0.1, 0.15) is 0 Å². The second-order valence-electron chi connectivity index (χ2n) is 12.8. The summed E-state index contributed by atoms with van der Waals surface area (Å²) in [5.41, 5.74) is 10.3. The molecular weight excluding hydrogens is 639 g/mol. The molecule has 0 atom stereocenters. The molecule has 0 aliphatic rings. The lowest BCUT2D eigenvalue weighted by molar-refractivity contribution is 1.18. The van der Waals surface area contributed by atoms with Gasteiger partial charge in [-0.25, -0.2) is 15.0 Å². The topological polar surface area (TPSA) is 38.7 Å². The lowest BCUT2D eigenvalue weighted by Gasteiger charge is -2.13. The van der Waals surface area contributed by atoms with Crippen LogP contribution >= 0.6 is 11.3 Å². The Kier molecular flexibility index (Phi) is 7.00. The van der Waals surface area contributed by atoms with E-state index in [-0.39, 0.29) is 0 Å². The Bertz CT molecular complexity index is 2830. The highest BCUT2D eigenvalue weighted by molar-refractivity contribution is 7.26. The number of thiophene rings is 1. The summed E-state index contributed by atoms with van der Waals surface area (Å²) >= 11 is 1.85. The largest absolute Gasteiger partial charge is 0.246 e. The van der Waals surface area contributed by atoms with Crippen molar-refractivity contribution in [2.24, 2.45) is 0 Å². The van der Waals surface area contributed by atoms with Gasteiger partial charge in [0.2, 0.25) is 0 Å². The lowest BCUT2D eigenvalue weighted by atomic mass is 9.95. The van der Waals surface area contributed by atoms with Crippen LogP contribution in [0.25, 0.3) is 98.1 Å². The molecule has 0 aliphatic carbocycles. The number of nitrogens with zero attached hydrogens (tertiary/aromatic N) is 3. The maximum Gasteiger partial charge on any atom is 0.160 e. The number of aromatic nitrogens is 3. The zero-order valence-corrected chi connectivity index (χ0v) is 28.3.